The van der Waals surface area contributed by atoms with E-state index in [4.69, 9.17) is 14.5 Å². The third-order valence-electron chi connectivity index (χ3n) is 8.75. The molecule has 1 aromatic heterocycles. The monoisotopic (exact) mass is 613 g/mol. The lowest BCUT2D eigenvalue weighted by molar-refractivity contribution is -0.171. The number of aryl methyl sites for hydroxylation is 2. The van der Waals surface area contributed by atoms with Crippen molar-refractivity contribution >= 4 is 17.6 Å². The molecule has 45 heavy (non-hydrogen) atoms. The predicted molar refractivity (Wildman–Crippen MR) is 181 cm³/mol. The molecule has 0 saturated carbocycles. The first-order valence-corrected chi connectivity index (χ1v) is 16.3. The van der Waals surface area contributed by atoms with Crippen LogP contribution in [0.2, 0.25) is 0 Å². The van der Waals surface area contributed by atoms with E-state index in [9.17, 15) is 9.59 Å². The molecule has 7 nitrogen and oxygen atoms in total. The van der Waals surface area contributed by atoms with Crippen molar-refractivity contribution in [2.45, 2.75) is 106 Å². The summed E-state index contributed by atoms with van der Waals surface area (Å²) in [4.78, 5) is 34.2. The number of rotatable bonds is 10. The number of nitrogens with one attached hydrogen (secondary N) is 1. The highest BCUT2D eigenvalue weighted by Crippen LogP contribution is 2.45. The van der Waals surface area contributed by atoms with Crippen molar-refractivity contribution in [1.29, 1.82) is 0 Å². The number of hydrogen-bond acceptors (Lipinski definition) is 6. The van der Waals surface area contributed by atoms with E-state index in [0.717, 1.165) is 71.7 Å². The average molecular weight is 614 g/mol. The fraction of sp³-hybridized carbons (Fsp3) is 0.500. The summed E-state index contributed by atoms with van der Waals surface area (Å²) in [6.07, 6.45) is 1.98. The molecule has 1 atom stereocenters. The lowest BCUT2D eigenvalue weighted by Crippen LogP contribution is -2.40. The molecule has 2 heterocycles. The summed E-state index contributed by atoms with van der Waals surface area (Å²) in [5.41, 5.74) is 6.52. The van der Waals surface area contributed by atoms with Crippen LogP contribution >= 0.6 is 0 Å². The van der Waals surface area contributed by atoms with Crippen LogP contribution in [-0.2, 0) is 20.8 Å². The maximum absolute atomic E-state index is 13.7. The highest BCUT2D eigenvalue weighted by atomic mass is 16.6. The molecule has 0 radical (unpaired) electrons. The van der Waals surface area contributed by atoms with E-state index in [1.54, 1.807) is 0 Å². The summed E-state index contributed by atoms with van der Waals surface area (Å²) in [7, 11) is 0. The van der Waals surface area contributed by atoms with E-state index in [0.29, 0.717) is 12.1 Å². The Morgan fingerprint density at radius 2 is 1.60 bits per heavy atom. The number of esters is 1. The van der Waals surface area contributed by atoms with Gasteiger partial charge < -0.3 is 19.7 Å². The molecule has 1 aliphatic heterocycles. The number of amides is 1. The minimum absolute atomic E-state index is 0.130. The number of pyridine rings is 1. The summed E-state index contributed by atoms with van der Waals surface area (Å²) in [6.45, 7) is 20.3. The largest absolute Gasteiger partial charge is 0.461 e. The van der Waals surface area contributed by atoms with Crippen molar-refractivity contribution in [1.82, 2.24) is 10.3 Å². The first-order valence-electron chi connectivity index (χ1n) is 16.3. The molecule has 4 rings (SSSR count). The average Bonchev–Trinajstić information content (AvgIpc) is 2.99. The summed E-state index contributed by atoms with van der Waals surface area (Å²) < 4.78 is 12.3. The molecule has 0 unspecified atom stereocenters. The zero-order valence-corrected chi connectivity index (χ0v) is 28.6. The van der Waals surface area contributed by atoms with Crippen molar-refractivity contribution in [2.75, 3.05) is 18.0 Å². The van der Waals surface area contributed by atoms with Gasteiger partial charge in [-0.25, -0.2) is 4.79 Å². The van der Waals surface area contributed by atoms with Gasteiger partial charge in [-0.15, -0.1) is 0 Å². The zero-order chi connectivity index (χ0) is 32.9. The number of ether oxygens (including phenoxy) is 2. The summed E-state index contributed by atoms with van der Waals surface area (Å²) in [6, 6.07) is 17.6. The number of aromatic nitrogens is 1. The lowest BCUT2D eigenvalue weighted by atomic mass is 9.77. The predicted octanol–water partition coefficient (Wildman–Crippen LogP) is 8.12. The van der Waals surface area contributed by atoms with Crippen LogP contribution in [0.1, 0.15) is 107 Å². The lowest BCUT2D eigenvalue weighted by Gasteiger charge is -2.42. The van der Waals surface area contributed by atoms with Crippen molar-refractivity contribution < 1.29 is 19.1 Å². The van der Waals surface area contributed by atoms with Gasteiger partial charge in [-0.05, 0) is 90.0 Å². The number of carbonyl (C=O) groups is 2. The smallest absolute Gasteiger partial charge is 0.340 e. The van der Waals surface area contributed by atoms with Gasteiger partial charge in [0.2, 0.25) is 0 Å². The van der Waals surface area contributed by atoms with Gasteiger partial charge in [0.15, 0.2) is 6.10 Å². The second kappa shape index (κ2) is 14.2. The maximum Gasteiger partial charge on any atom is 0.340 e. The molecule has 2 aromatic carbocycles. The van der Waals surface area contributed by atoms with Crippen LogP contribution in [0.3, 0.4) is 0 Å². The van der Waals surface area contributed by atoms with Crippen molar-refractivity contribution in [3.05, 3.63) is 82.7 Å². The molecular weight excluding hydrogens is 562 g/mol. The Kier molecular flexibility index (Phi) is 10.7. The van der Waals surface area contributed by atoms with E-state index in [1.165, 1.54) is 0 Å². The zero-order valence-electron chi connectivity index (χ0n) is 28.6. The van der Waals surface area contributed by atoms with Crippen LogP contribution in [0.25, 0.3) is 11.1 Å². The molecule has 1 saturated heterocycles. The Bertz CT molecular complexity index is 1470. The molecule has 0 aliphatic carbocycles. The van der Waals surface area contributed by atoms with Crippen LogP contribution in [0.5, 0.6) is 0 Å². The summed E-state index contributed by atoms with van der Waals surface area (Å²) in [5, 5.41) is 3.02. The molecule has 0 spiro atoms. The normalized spacial score (nSPS) is 15.6. The molecule has 1 N–H and O–H groups in total. The van der Waals surface area contributed by atoms with Crippen LogP contribution in [-0.4, -0.2) is 41.7 Å². The van der Waals surface area contributed by atoms with Crippen molar-refractivity contribution in [2.24, 2.45) is 5.41 Å². The first kappa shape index (κ1) is 34.2. The van der Waals surface area contributed by atoms with Crippen molar-refractivity contribution in [3.8, 4) is 11.1 Å². The number of benzene rings is 2. The fourth-order valence-corrected chi connectivity index (χ4v) is 6.00. The molecule has 3 aromatic rings. The molecular formula is C38H51N3O4. The van der Waals surface area contributed by atoms with Gasteiger partial charge in [0, 0.05) is 47.7 Å². The van der Waals surface area contributed by atoms with Crippen molar-refractivity contribution in [3.63, 3.8) is 0 Å². The number of hydrogen-bond donors (Lipinski definition) is 1. The van der Waals surface area contributed by atoms with E-state index in [2.05, 4.69) is 24.1 Å². The molecule has 0 bridgehead atoms. The molecule has 1 amide bonds. The number of nitrogens with zero attached hydrogens (tertiary/aromatic N) is 2. The Balaban J connectivity index is 1.81. The molecule has 242 valence electrons. The topological polar surface area (TPSA) is 80.8 Å². The van der Waals surface area contributed by atoms with E-state index >= 15 is 0 Å². The second-order valence-corrected chi connectivity index (χ2v) is 13.9. The van der Waals surface area contributed by atoms with Crippen LogP contribution in [0.4, 0.5) is 5.69 Å². The maximum atomic E-state index is 13.7. The molecule has 7 heteroatoms. The first-order chi connectivity index (χ1) is 21.2. The highest BCUT2D eigenvalue weighted by Gasteiger charge is 2.38. The Hall–Kier alpha value is -3.71. The highest BCUT2D eigenvalue weighted by molar-refractivity contribution is 5.95. The van der Waals surface area contributed by atoms with Gasteiger partial charge in [-0.1, -0.05) is 62.7 Å². The van der Waals surface area contributed by atoms with Gasteiger partial charge in [0.1, 0.15) is 0 Å². The number of carbonyl (C=O) groups excluding carboxylic acids is 2. The van der Waals surface area contributed by atoms with E-state index < -0.39 is 17.7 Å². The van der Waals surface area contributed by atoms with Crippen LogP contribution in [0, 0.1) is 19.3 Å². The SMILES string of the molecule is CCC1(C)CCN(c2c(-c3ccc(C(=O)NCc4ccccc4)cc3)c(C)nc(C)c2[C@H](OC(C)(C)C)C(=O)OC(C)C)CC1. The minimum atomic E-state index is -0.947. The Morgan fingerprint density at radius 3 is 2.16 bits per heavy atom. The van der Waals surface area contributed by atoms with Crippen LogP contribution < -0.4 is 10.2 Å². The molecule has 1 fully saturated rings. The summed E-state index contributed by atoms with van der Waals surface area (Å²) in [5.74, 6) is -0.545. The van der Waals surface area contributed by atoms with Gasteiger partial charge in [-0.2, -0.15) is 0 Å². The third kappa shape index (κ3) is 8.51. The molecule has 1 aliphatic rings. The Morgan fingerprint density at radius 1 is 0.978 bits per heavy atom. The van der Waals surface area contributed by atoms with E-state index in [1.807, 2.05) is 103 Å². The van der Waals surface area contributed by atoms with Gasteiger partial charge in [-0.3, -0.25) is 9.78 Å². The van der Waals surface area contributed by atoms with E-state index in [-0.39, 0.29) is 17.4 Å². The standard InChI is InChI=1S/C38H51N3O4/c1-10-38(9)20-22-41(23-21-38)33-31(29-16-18-30(19-17-29)35(42)39-24-28-14-12-11-13-15-28)26(4)40-27(5)32(33)34(45-37(6,7)8)36(43)44-25(2)3/h11-19,25,34H,10,20-24H2,1-9H3,(H,39,42)/t34-/m0/s1. The summed E-state index contributed by atoms with van der Waals surface area (Å²) >= 11 is 0. The fourth-order valence-electron chi connectivity index (χ4n) is 6.00. The van der Waals surface area contributed by atoms with Gasteiger partial charge in [0.05, 0.1) is 17.4 Å². The van der Waals surface area contributed by atoms with Gasteiger partial charge >= 0.3 is 5.97 Å². The third-order valence-corrected chi connectivity index (χ3v) is 8.75. The number of anilines is 1. The number of piperidine rings is 1. The van der Waals surface area contributed by atoms with Gasteiger partial charge in [0.25, 0.3) is 5.91 Å². The van der Waals surface area contributed by atoms with Crippen LogP contribution in [0.15, 0.2) is 54.6 Å². The minimum Gasteiger partial charge on any atom is -0.461 e. The quantitative estimate of drug-likeness (QED) is 0.233. The Labute approximate surface area is 269 Å². The second-order valence-electron chi connectivity index (χ2n) is 13.9.